The fraction of sp³-hybridized carbons (Fsp3) is 0.250. The van der Waals surface area contributed by atoms with Gasteiger partial charge in [-0.15, -0.1) is 0 Å². The number of anilines is 3. The minimum Gasteiger partial charge on any atom is -0.491 e. The average Bonchev–Trinajstić information content (AvgIpc) is 2.82. The molecule has 0 aliphatic heterocycles. The van der Waals surface area contributed by atoms with E-state index in [0.29, 0.717) is 11.3 Å². The van der Waals surface area contributed by atoms with Crippen LogP contribution in [0.15, 0.2) is 72.3 Å². The lowest BCUT2D eigenvalue weighted by molar-refractivity contribution is 0.102. The van der Waals surface area contributed by atoms with Gasteiger partial charge in [-0.05, 0) is 80.9 Å². The zero-order valence-electron chi connectivity index (χ0n) is 20.5. The Morgan fingerprint density at radius 3 is 2.29 bits per heavy atom. The van der Waals surface area contributed by atoms with Crippen LogP contribution in [0.1, 0.15) is 35.3 Å². The summed E-state index contributed by atoms with van der Waals surface area (Å²) in [4.78, 5) is 14.7. The molecule has 0 saturated heterocycles. The Balaban J connectivity index is 1.75. The molecule has 0 aliphatic carbocycles. The molecule has 0 aliphatic rings. The van der Waals surface area contributed by atoms with Crippen LogP contribution in [0.4, 0.5) is 17.1 Å². The van der Waals surface area contributed by atoms with Gasteiger partial charge in [-0.3, -0.25) is 4.79 Å². The van der Waals surface area contributed by atoms with E-state index in [9.17, 15) is 4.79 Å². The van der Waals surface area contributed by atoms with Gasteiger partial charge in [0.2, 0.25) is 0 Å². The molecule has 0 bridgehead atoms. The van der Waals surface area contributed by atoms with Crippen LogP contribution in [0.25, 0.3) is 5.70 Å². The predicted molar refractivity (Wildman–Crippen MR) is 141 cm³/mol. The molecule has 0 saturated carbocycles. The van der Waals surface area contributed by atoms with Crippen molar-refractivity contribution in [1.29, 1.82) is 0 Å². The maximum atomic E-state index is 12.7. The topological polar surface area (TPSA) is 73.8 Å². The number of nitrogens with zero attached hydrogens (tertiary/aromatic N) is 1. The first-order chi connectivity index (χ1) is 16.3. The van der Waals surface area contributed by atoms with Crippen LogP contribution in [-0.2, 0) is 0 Å². The molecule has 0 spiro atoms. The van der Waals surface area contributed by atoms with E-state index in [1.807, 2.05) is 92.6 Å². The van der Waals surface area contributed by atoms with Crippen LogP contribution in [0, 0.1) is 6.92 Å². The van der Waals surface area contributed by atoms with Crippen LogP contribution in [0.5, 0.6) is 5.75 Å². The summed E-state index contributed by atoms with van der Waals surface area (Å²) in [7, 11) is 3.94. The minimum atomic E-state index is -0.143. The summed E-state index contributed by atoms with van der Waals surface area (Å²) in [6.45, 7) is 6.34. The summed E-state index contributed by atoms with van der Waals surface area (Å²) < 4.78 is 5.56. The van der Waals surface area contributed by atoms with Gasteiger partial charge in [0.05, 0.1) is 6.61 Å². The lowest BCUT2D eigenvalue weighted by Crippen LogP contribution is -2.13. The molecule has 178 valence electrons. The monoisotopic (exact) mass is 459 g/mol. The van der Waals surface area contributed by atoms with Crippen molar-refractivity contribution in [3.8, 4) is 5.75 Å². The zero-order chi connectivity index (χ0) is 24.7. The van der Waals surface area contributed by atoms with E-state index in [1.165, 1.54) is 0 Å². The van der Waals surface area contributed by atoms with Crippen molar-refractivity contribution in [2.24, 2.45) is 0 Å². The third kappa shape index (κ3) is 6.39. The van der Waals surface area contributed by atoms with Gasteiger partial charge < -0.3 is 25.4 Å². The van der Waals surface area contributed by atoms with Crippen molar-refractivity contribution < 1.29 is 14.6 Å². The second kappa shape index (κ2) is 11.4. The molecule has 3 rings (SSSR count). The molecule has 0 radical (unpaired) electrons. The first-order valence-corrected chi connectivity index (χ1v) is 11.3. The smallest absolute Gasteiger partial charge is 0.255 e. The Kier molecular flexibility index (Phi) is 8.33. The van der Waals surface area contributed by atoms with E-state index in [2.05, 4.69) is 24.5 Å². The number of ether oxygens (including phenoxy) is 1. The van der Waals surface area contributed by atoms with Crippen LogP contribution in [-0.4, -0.2) is 38.3 Å². The number of hydrogen-bond donors (Lipinski definition) is 3. The number of aliphatic hydroxyl groups is 1. The number of amides is 1. The maximum Gasteiger partial charge on any atom is 0.255 e. The van der Waals surface area contributed by atoms with E-state index in [-0.39, 0.29) is 19.1 Å². The van der Waals surface area contributed by atoms with Gasteiger partial charge in [0.1, 0.15) is 12.4 Å². The molecule has 6 nitrogen and oxygen atoms in total. The quantitative estimate of drug-likeness (QED) is 0.391. The number of nitrogens with one attached hydrogen (secondary N) is 2. The van der Waals surface area contributed by atoms with Gasteiger partial charge >= 0.3 is 0 Å². The molecule has 1 amide bonds. The molecular formula is C28H33N3O3. The predicted octanol–water partition coefficient (Wildman–Crippen LogP) is 5.55. The van der Waals surface area contributed by atoms with Crippen molar-refractivity contribution in [1.82, 2.24) is 0 Å². The van der Waals surface area contributed by atoms with Gasteiger partial charge in [0, 0.05) is 48.0 Å². The highest BCUT2D eigenvalue weighted by molar-refractivity contribution is 6.04. The van der Waals surface area contributed by atoms with E-state index >= 15 is 0 Å². The van der Waals surface area contributed by atoms with E-state index in [4.69, 9.17) is 9.84 Å². The Labute approximate surface area is 201 Å². The molecule has 0 heterocycles. The van der Waals surface area contributed by atoms with Crippen molar-refractivity contribution in [3.63, 3.8) is 0 Å². The number of hydrogen-bond acceptors (Lipinski definition) is 5. The number of aryl methyl sites for hydroxylation is 1. The van der Waals surface area contributed by atoms with Gasteiger partial charge in [-0.2, -0.15) is 0 Å². The first-order valence-electron chi connectivity index (χ1n) is 11.3. The SMILES string of the molecule is CC(C)=C(Nc1ccc(NC(=O)c2ccc(N(C)C)cc2)cc1C)c1cccc(OCCO)c1. The van der Waals surface area contributed by atoms with E-state index < -0.39 is 0 Å². The van der Waals surface area contributed by atoms with Gasteiger partial charge in [-0.25, -0.2) is 0 Å². The molecule has 0 atom stereocenters. The molecule has 6 heteroatoms. The van der Waals surface area contributed by atoms with Gasteiger partial charge in [0.25, 0.3) is 5.91 Å². The standard InChI is InChI=1S/C28H33N3O3/c1-19(2)27(22-7-6-8-25(18-22)34-16-15-32)30-26-14-11-23(17-20(26)3)29-28(33)21-9-12-24(13-10-21)31(4)5/h6-14,17-18,30,32H,15-16H2,1-5H3,(H,29,33). The average molecular weight is 460 g/mol. The van der Waals surface area contributed by atoms with Crippen LogP contribution in [0.2, 0.25) is 0 Å². The van der Waals surface area contributed by atoms with Crippen LogP contribution < -0.4 is 20.3 Å². The molecular weight excluding hydrogens is 426 g/mol. The van der Waals surface area contributed by atoms with Crippen LogP contribution >= 0.6 is 0 Å². The highest BCUT2D eigenvalue weighted by atomic mass is 16.5. The number of rotatable bonds is 9. The van der Waals surface area contributed by atoms with Crippen molar-refractivity contribution >= 4 is 28.7 Å². The van der Waals surface area contributed by atoms with E-state index in [1.54, 1.807) is 0 Å². The van der Waals surface area contributed by atoms with E-state index in [0.717, 1.165) is 39.5 Å². The van der Waals surface area contributed by atoms with Gasteiger partial charge in [-0.1, -0.05) is 17.7 Å². The van der Waals surface area contributed by atoms with Crippen molar-refractivity contribution in [2.75, 3.05) is 42.8 Å². The molecule has 3 N–H and O–H groups in total. The fourth-order valence-electron chi connectivity index (χ4n) is 3.52. The summed E-state index contributed by atoms with van der Waals surface area (Å²) in [5.74, 6) is 0.565. The summed E-state index contributed by atoms with van der Waals surface area (Å²) in [5.41, 5.74) is 7.45. The van der Waals surface area contributed by atoms with Crippen LogP contribution in [0.3, 0.4) is 0 Å². The molecule has 34 heavy (non-hydrogen) atoms. The number of carbonyl (C=O) groups excluding carboxylic acids is 1. The number of benzene rings is 3. The lowest BCUT2D eigenvalue weighted by Gasteiger charge is -2.17. The number of aliphatic hydroxyl groups excluding tert-OH is 1. The largest absolute Gasteiger partial charge is 0.491 e. The first kappa shape index (κ1) is 24.9. The summed E-state index contributed by atoms with van der Waals surface area (Å²) in [6.07, 6.45) is 0. The molecule has 0 unspecified atom stereocenters. The Morgan fingerprint density at radius 2 is 1.68 bits per heavy atom. The number of carbonyl (C=O) groups is 1. The molecule has 0 fully saturated rings. The highest BCUT2D eigenvalue weighted by Gasteiger charge is 2.11. The van der Waals surface area contributed by atoms with Gasteiger partial charge in [0.15, 0.2) is 0 Å². The summed E-state index contributed by atoms with van der Waals surface area (Å²) in [6, 6.07) is 21.1. The maximum absolute atomic E-state index is 12.7. The molecule has 0 aromatic heterocycles. The minimum absolute atomic E-state index is 0.0263. The third-order valence-electron chi connectivity index (χ3n) is 5.37. The second-order valence-electron chi connectivity index (χ2n) is 8.53. The second-order valence-corrected chi connectivity index (χ2v) is 8.53. The summed E-state index contributed by atoms with van der Waals surface area (Å²) >= 11 is 0. The molecule has 3 aromatic carbocycles. The van der Waals surface area contributed by atoms with Crippen molar-refractivity contribution in [2.45, 2.75) is 20.8 Å². The fourth-order valence-corrected chi connectivity index (χ4v) is 3.52. The lowest BCUT2D eigenvalue weighted by atomic mass is 10.1. The Hall–Kier alpha value is -3.77. The number of allylic oxidation sites excluding steroid dienone is 1. The highest BCUT2D eigenvalue weighted by Crippen LogP contribution is 2.28. The Bertz CT molecular complexity index is 1160. The third-order valence-corrected chi connectivity index (χ3v) is 5.37. The normalized spacial score (nSPS) is 10.4. The summed E-state index contributed by atoms with van der Waals surface area (Å²) in [5, 5.41) is 15.5. The van der Waals surface area contributed by atoms with Crippen molar-refractivity contribution in [3.05, 3.63) is 89.0 Å². The molecule has 3 aromatic rings. The Morgan fingerprint density at radius 1 is 0.941 bits per heavy atom. The zero-order valence-corrected chi connectivity index (χ0v) is 20.5.